The molecule has 1 aromatic heterocycles. The summed E-state index contributed by atoms with van der Waals surface area (Å²) in [7, 11) is 0. The molecule has 2 unspecified atom stereocenters. The van der Waals surface area contributed by atoms with Gasteiger partial charge in [-0.2, -0.15) is 0 Å². The minimum atomic E-state index is 0.153. The van der Waals surface area contributed by atoms with Crippen LogP contribution in [0, 0.1) is 5.92 Å². The Kier molecular flexibility index (Phi) is 3.58. The van der Waals surface area contributed by atoms with Crippen LogP contribution in [0.3, 0.4) is 0 Å². The van der Waals surface area contributed by atoms with Gasteiger partial charge in [-0.1, -0.05) is 17.7 Å². The van der Waals surface area contributed by atoms with Gasteiger partial charge in [0.15, 0.2) is 5.82 Å². The molecule has 0 spiro atoms. The molecule has 7 heteroatoms. The van der Waals surface area contributed by atoms with Crippen molar-refractivity contribution in [2.45, 2.75) is 19.4 Å². The number of rotatable bonds is 3. The van der Waals surface area contributed by atoms with Gasteiger partial charge in [-0.25, -0.2) is 4.68 Å². The van der Waals surface area contributed by atoms with E-state index in [1.165, 1.54) is 0 Å². The van der Waals surface area contributed by atoms with Crippen molar-refractivity contribution in [1.29, 1.82) is 0 Å². The van der Waals surface area contributed by atoms with Crippen molar-refractivity contribution >= 4 is 17.3 Å². The van der Waals surface area contributed by atoms with Gasteiger partial charge in [0.25, 0.3) is 0 Å². The molecule has 1 fully saturated rings. The zero-order valence-electron chi connectivity index (χ0n) is 11.2. The van der Waals surface area contributed by atoms with Crippen LogP contribution in [0.2, 0.25) is 5.02 Å². The fourth-order valence-corrected chi connectivity index (χ4v) is 2.71. The SMILES string of the molecule is CC(C1CCOC1)n1nnnc1-c1cccc(N)c1Cl. The zero-order valence-corrected chi connectivity index (χ0v) is 11.9. The first kappa shape index (κ1) is 13.3. The molecule has 0 amide bonds. The first-order valence-corrected chi connectivity index (χ1v) is 6.96. The van der Waals surface area contributed by atoms with Crippen LogP contribution in [-0.2, 0) is 4.74 Å². The van der Waals surface area contributed by atoms with E-state index in [9.17, 15) is 0 Å². The third-order valence-corrected chi connectivity index (χ3v) is 4.22. The highest BCUT2D eigenvalue weighted by Crippen LogP contribution is 2.33. The predicted molar refractivity (Wildman–Crippen MR) is 76.3 cm³/mol. The molecule has 0 radical (unpaired) electrons. The fourth-order valence-electron chi connectivity index (χ4n) is 2.50. The van der Waals surface area contributed by atoms with E-state index in [1.807, 2.05) is 12.1 Å². The Bertz CT molecular complexity index is 609. The molecule has 1 saturated heterocycles. The maximum absolute atomic E-state index is 6.26. The number of hydrogen-bond acceptors (Lipinski definition) is 5. The lowest BCUT2D eigenvalue weighted by molar-refractivity contribution is 0.173. The highest BCUT2D eigenvalue weighted by atomic mass is 35.5. The number of ether oxygens (including phenoxy) is 1. The lowest BCUT2D eigenvalue weighted by Gasteiger charge is -2.19. The van der Waals surface area contributed by atoms with E-state index in [0.29, 0.717) is 22.5 Å². The first-order valence-electron chi connectivity index (χ1n) is 6.58. The summed E-state index contributed by atoms with van der Waals surface area (Å²) in [6.45, 7) is 3.63. The van der Waals surface area contributed by atoms with E-state index in [0.717, 1.165) is 25.2 Å². The molecule has 106 valence electrons. The van der Waals surface area contributed by atoms with Gasteiger partial charge in [0.2, 0.25) is 0 Å². The number of tetrazole rings is 1. The van der Waals surface area contributed by atoms with Crippen LogP contribution in [0.1, 0.15) is 19.4 Å². The van der Waals surface area contributed by atoms with E-state index in [-0.39, 0.29) is 6.04 Å². The summed E-state index contributed by atoms with van der Waals surface area (Å²) in [5.74, 6) is 1.05. The van der Waals surface area contributed by atoms with E-state index in [2.05, 4.69) is 22.4 Å². The van der Waals surface area contributed by atoms with Gasteiger partial charge in [-0.05, 0) is 35.9 Å². The summed E-state index contributed by atoms with van der Waals surface area (Å²) in [6.07, 6.45) is 1.02. The average molecular weight is 294 g/mol. The minimum absolute atomic E-state index is 0.153. The minimum Gasteiger partial charge on any atom is -0.398 e. The second kappa shape index (κ2) is 5.38. The van der Waals surface area contributed by atoms with E-state index in [1.54, 1.807) is 10.7 Å². The second-order valence-corrected chi connectivity index (χ2v) is 5.40. The number of hydrogen-bond donors (Lipinski definition) is 1. The van der Waals surface area contributed by atoms with Gasteiger partial charge < -0.3 is 10.5 Å². The lowest BCUT2D eigenvalue weighted by Crippen LogP contribution is -2.19. The highest BCUT2D eigenvalue weighted by Gasteiger charge is 2.27. The standard InChI is InChI=1S/C13H16ClN5O/c1-8(9-5-6-20-7-9)19-13(16-17-18-19)10-3-2-4-11(15)12(10)14/h2-4,8-9H,5-7,15H2,1H3. The van der Waals surface area contributed by atoms with Gasteiger partial charge in [-0.15, -0.1) is 5.10 Å². The summed E-state index contributed by atoms with van der Waals surface area (Å²) in [5.41, 5.74) is 7.12. The van der Waals surface area contributed by atoms with E-state index in [4.69, 9.17) is 22.1 Å². The van der Waals surface area contributed by atoms with Crippen molar-refractivity contribution in [3.8, 4) is 11.4 Å². The summed E-state index contributed by atoms with van der Waals surface area (Å²) >= 11 is 6.26. The second-order valence-electron chi connectivity index (χ2n) is 5.02. The van der Waals surface area contributed by atoms with Crippen LogP contribution in [0.4, 0.5) is 5.69 Å². The van der Waals surface area contributed by atoms with Crippen molar-refractivity contribution in [3.63, 3.8) is 0 Å². The van der Waals surface area contributed by atoms with Crippen LogP contribution in [0.5, 0.6) is 0 Å². The predicted octanol–water partition coefficient (Wildman–Crippen LogP) is 2.17. The third-order valence-electron chi connectivity index (χ3n) is 3.80. The van der Waals surface area contributed by atoms with E-state index < -0.39 is 0 Å². The fraction of sp³-hybridized carbons (Fsp3) is 0.462. The molecule has 3 rings (SSSR count). The molecule has 0 bridgehead atoms. The van der Waals surface area contributed by atoms with Gasteiger partial charge >= 0.3 is 0 Å². The van der Waals surface area contributed by atoms with Crippen LogP contribution < -0.4 is 5.73 Å². The number of anilines is 1. The van der Waals surface area contributed by atoms with E-state index >= 15 is 0 Å². The summed E-state index contributed by atoms with van der Waals surface area (Å²) < 4.78 is 7.24. The quantitative estimate of drug-likeness (QED) is 0.878. The summed E-state index contributed by atoms with van der Waals surface area (Å²) in [5, 5.41) is 12.5. The molecule has 2 atom stereocenters. The molecule has 0 saturated carbocycles. The van der Waals surface area contributed by atoms with Crippen molar-refractivity contribution < 1.29 is 4.74 Å². The van der Waals surface area contributed by atoms with Crippen LogP contribution >= 0.6 is 11.6 Å². The van der Waals surface area contributed by atoms with Gasteiger partial charge in [0.05, 0.1) is 23.4 Å². The Morgan fingerprint density at radius 3 is 3.10 bits per heavy atom. The Balaban J connectivity index is 1.99. The number of nitrogens with zero attached hydrogens (tertiary/aromatic N) is 4. The molecule has 1 aliphatic heterocycles. The molecular weight excluding hydrogens is 278 g/mol. The molecule has 1 aliphatic rings. The number of aromatic nitrogens is 4. The Hall–Kier alpha value is -1.66. The van der Waals surface area contributed by atoms with Gasteiger partial charge in [0, 0.05) is 18.1 Å². The smallest absolute Gasteiger partial charge is 0.183 e. The monoisotopic (exact) mass is 293 g/mol. The molecular formula is C13H16ClN5O. The third kappa shape index (κ3) is 2.25. The first-order chi connectivity index (χ1) is 9.68. The number of nitrogens with two attached hydrogens (primary N) is 1. The molecule has 0 aliphatic carbocycles. The number of benzene rings is 1. The number of halogens is 1. The van der Waals surface area contributed by atoms with Gasteiger partial charge in [-0.3, -0.25) is 0 Å². The largest absolute Gasteiger partial charge is 0.398 e. The molecule has 6 nitrogen and oxygen atoms in total. The van der Waals surface area contributed by atoms with Crippen LogP contribution in [0.15, 0.2) is 18.2 Å². The number of nitrogen functional groups attached to an aromatic ring is 1. The Morgan fingerprint density at radius 1 is 1.50 bits per heavy atom. The summed E-state index contributed by atoms with van der Waals surface area (Å²) in [6, 6.07) is 5.63. The maximum atomic E-state index is 6.26. The molecule has 2 N–H and O–H groups in total. The van der Waals surface area contributed by atoms with Crippen LogP contribution in [0.25, 0.3) is 11.4 Å². The lowest BCUT2D eigenvalue weighted by atomic mass is 10.0. The Labute approximate surface area is 121 Å². The maximum Gasteiger partial charge on any atom is 0.183 e. The average Bonchev–Trinajstić information content (AvgIpc) is 3.11. The van der Waals surface area contributed by atoms with Crippen LogP contribution in [-0.4, -0.2) is 33.4 Å². The van der Waals surface area contributed by atoms with Gasteiger partial charge in [0.1, 0.15) is 0 Å². The van der Waals surface area contributed by atoms with Crippen molar-refractivity contribution in [3.05, 3.63) is 23.2 Å². The normalized spacial score (nSPS) is 20.2. The molecule has 20 heavy (non-hydrogen) atoms. The Morgan fingerprint density at radius 2 is 2.35 bits per heavy atom. The van der Waals surface area contributed by atoms with Crippen molar-refractivity contribution in [2.24, 2.45) is 5.92 Å². The molecule has 2 aromatic rings. The topological polar surface area (TPSA) is 78.8 Å². The molecule has 2 heterocycles. The zero-order chi connectivity index (χ0) is 14.1. The van der Waals surface area contributed by atoms with Crippen molar-refractivity contribution in [1.82, 2.24) is 20.2 Å². The highest BCUT2D eigenvalue weighted by molar-refractivity contribution is 6.35. The molecule has 1 aromatic carbocycles. The van der Waals surface area contributed by atoms with Crippen molar-refractivity contribution in [2.75, 3.05) is 18.9 Å². The summed E-state index contributed by atoms with van der Waals surface area (Å²) in [4.78, 5) is 0.